The fraction of sp³-hybridized carbons (Fsp3) is 0.667. The van der Waals surface area contributed by atoms with Crippen LogP contribution in [0.4, 0.5) is 4.79 Å². The molecule has 3 aliphatic carbocycles. The Balaban J connectivity index is 0.842. The normalized spacial score (nSPS) is 25.2. The van der Waals surface area contributed by atoms with Crippen molar-refractivity contribution in [3.05, 3.63) is 41.5 Å². The van der Waals surface area contributed by atoms with Crippen LogP contribution in [-0.2, 0) is 11.0 Å². The fourth-order valence-corrected chi connectivity index (χ4v) is 8.19. The van der Waals surface area contributed by atoms with Gasteiger partial charge < -0.3 is 14.4 Å². The van der Waals surface area contributed by atoms with E-state index in [9.17, 15) is 9.36 Å². The van der Waals surface area contributed by atoms with Gasteiger partial charge >= 0.3 is 6.03 Å². The fourth-order valence-electron chi connectivity index (χ4n) is 7.33. The molecule has 35 heavy (non-hydrogen) atoms. The summed E-state index contributed by atoms with van der Waals surface area (Å²) in [7, 11) is -2.18. The molecule has 7 nitrogen and oxygen atoms in total. The first-order valence-corrected chi connectivity index (χ1v) is 15.9. The van der Waals surface area contributed by atoms with Crippen LogP contribution in [0.1, 0.15) is 67.6 Å². The number of rotatable bonds is 5. The highest BCUT2D eigenvalue weighted by atomic mass is 31.2. The summed E-state index contributed by atoms with van der Waals surface area (Å²) in [5.41, 5.74) is 2.04. The molecule has 186 valence electrons. The SMILES string of the molecule is CP(C)(=O)c1ccc(CC2CC3(C2)CN(C(=O)N2CC4(CC(c5n[nH]c(C6CC6)n5)C4)C2)C3)cc1. The van der Waals surface area contributed by atoms with E-state index in [4.69, 9.17) is 4.98 Å². The highest BCUT2D eigenvalue weighted by Crippen LogP contribution is 2.57. The number of benzene rings is 1. The minimum atomic E-state index is -2.18. The molecule has 1 aromatic carbocycles. The van der Waals surface area contributed by atoms with Gasteiger partial charge in [0.05, 0.1) is 0 Å². The Kier molecular flexibility index (Phi) is 4.70. The van der Waals surface area contributed by atoms with E-state index in [1.54, 1.807) is 0 Å². The molecule has 1 N–H and O–H groups in total. The third-order valence-corrected chi connectivity index (χ3v) is 10.9. The molecule has 5 fully saturated rings. The number of nitrogens with zero attached hydrogens (tertiary/aromatic N) is 4. The Morgan fingerprint density at radius 1 is 0.971 bits per heavy atom. The third-order valence-electron chi connectivity index (χ3n) is 9.38. The summed E-state index contributed by atoms with van der Waals surface area (Å²) in [6, 6.07) is 8.62. The number of H-pyrrole nitrogens is 1. The Bertz CT molecular complexity index is 1180. The van der Waals surface area contributed by atoms with Gasteiger partial charge in [-0.3, -0.25) is 5.10 Å². The lowest BCUT2D eigenvalue weighted by Crippen LogP contribution is -2.70. The summed E-state index contributed by atoms with van der Waals surface area (Å²) in [6.45, 7) is 7.34. The van der Waals surface area contributed by atoms with Crippen molar-refractivity contribution in [3.63, 3.8) is 0 Å². The van der Waals surface area contributed by atoms with Gasteiger partial charge in [0.25, 0.3) is 0 Å². The van der Waals surface area contributed by atoms with Gasteiger partial charge in [-0.15, -0.1) is 0 Å². The van der Waals surface area contributed by atoms with Crippen molar-refractivity contribution in [2.45, 2.75) is 56.8 Å². The van der Waals surface area contributed by atoms with Gasteiger partial charge in [-0.05, 0) is 69.8 Å². The summed E-state index contributed by atoms with van der Waals surface area (Å²) in [4.78, 5) is 21.9. The van der Waals surface area contributed by atoms with Gasteiger partial charge in [-0.1, -0.05) is 24.3 Å². The highest BCUT2D eigenvalue weighted by Gasteiger charge is 2.58. The molecule has 2 saturated heterocycles. The monoisotopic (exact) mass is 493 g/mol. The number of likely N-dealkylation sites (tertiary alicyclic amines) is 2. The van der Waals surface area contributed by atoms with Crippen molar-refractivity contribution in [1.29, 1.82) is 0 Å². The van der Waals surface area contributed by atoms with Gasteiger partial charge in [0, 0.05) is 54.1 Å². The van der Waals surface area contributed by atoms with Gasteiger partial charge in [0.15, 0.2) is 5.82 Å². The minimum Gasteiger partial charge on any atom is -0.323 e. The number of aromatic nitrogens is 3. The molecule has 2 spiro atoms. The van der Waals surface area contributed by atoms with E-state index in [-0.39, 0.29) is 6.03 Å². The highest BCUT2D eigenvalue weighted by molar-refractivity contribution is 7.70. The number of carbonyl (C=O) groups is 1. The first kappa shape index (κ1) is 22.1. The third kappa shape index (κ3) is 3.85. The van der Waals surface area contributed by atoms with Crippen molar-refractivity contribution in [3.8, 4) is 0 Å². The van der Waals surface area contributed by atoms with Crippen LogP contribution >= 0.6 is 7.14 Å². The largest absolute Gasteiger partial charge is 0.323 e. The second kappa shape index (κ2) is 7.44. The summed E-state index contributed by atoms with van der Waals surface area (Å²) in [5.74, 6) is 3.89. The van der Waals surface area contributed by atoms with Gasteiger partial charge in [0.2, 0.25) is 0 Å². The Hall–Kier alpha value is -2.14. The maximum atomic E-state index is 13.0. The van der Waals surface area contributed by atoms with Crippen molar-refractivity contribution < 1.29 is 9.36 Å². The molecular weight excluding hydrogens is 457 g/mol. The molecule has 2 aliphatic heterocycles. The summed E-state index contributed by atoms with van der Waals surface area (Å²) >= 11 is 0. The zero-order chi connectivity index (χ0) is 24.0. The molecule has 1 aromatic heterocycles. The summed E-state index contributed by atoms with van der Waals surface area (Å²) in [5, 5.41) is 8.57. The van der Waals surface area contributed by atoms with E-state index in [1.165, 1.54) is 31.2 Å². The molecule has 0 atom stereocenters. The number of amides is 2. The molecule has 5 aliphatic rings. The van der Waals surface area contributed by atoms with Gasteiger partial charge in [-0.2, -0.15) is 5.10 Å². The Morgan fingerprint density at radius 2 is 1.57 bits per heavy atom. The van der Waals surface area contributed by atoms with Crippen LogP contribution in [0, 0.1) is 16.7 Å². The number of carbonyl (C=O) groups excluding carboxylic acids is 1. The van der Waals surface area contributed by atoms with E-state index < -0.39 is 7.14 Å². The number of nitrogens with one attached hydrogen (secondary N) is 1. The lowest BCUT2D eigenvalue weighted by atomic mass is 9.56. The topological polar surface area (TPSA) is 82.2 Å². The molecule has 7 rings (SSSR count). The van der Waals surface area contributed by atoms with Crippen LogP contribution in [0.5, 0.6) is 0 Å². The molecule has 8 heteroatoms. The second-order valence-electron chi connectivity index (χ2n) is 12.9. The first-order chi connectivity index (χ1) is 16.7. The number of urea groups is 1. The average Bonchev–Trinajstić information content (AvgIpc) is 3.44. The van der Waals surface area contributed by atoms with E-state index in [2.05, 4.69) is 32.1 Å². The quantitative estimate of drug-likeness (QED) is 0.634. The van der Waals surface area contributed by atoms with E-state index in [1.807, 2.05) is 25.5 Å². The molecule has 0 radical (unpaired) electrons. The standard InChI is InChI=1S/C27H36N5O2P/c1-35(2,34)22-7-3-18(4-8-22)9-19-10-26(11-19)14-31(15-26)25(33)32-16-27(17-32)12-21(13-27)24-28-23(29-30-24)20-5-6-20/h3-4,7-8,19-21H,5-6,9-17H2,1-2H3,(H,28,29,30). The van der Waals surface area contributed by atoms with Gasteiger partial charge in [0.1, 0.15) is 13.0 Å². The number of aromatic amines is 1. The molecule has 0 bridgehead atoms. The van der Waals surface area contributed by atoms with E-state index >= 15 is 0 Å². The summed E-state index contributed by atoms with van der Waals surface area (Å²) in [6.07, 6.45) is 8.29. The Labute approximate surface area is 207 Å². The second-order valence-corrected chi connectivity index (χ2v) is 16.2. The van der Waals surface area contributed by atoms with Crippen LogP contribution in [0.2, 0.25) is 0 Å². The Morgan fingerprint density at radius 3 is 2.14 bits per heavy atom. The van der Waals surface area contributed by atoms with Crippen molar-refractivity contribution in [1.82, 2.24) is 25.0 Å². The van der Waals surface area contributed by atoms with Crippen LogP contribution in [-0.4, -0.2) is 70.5 Å². The lowest BCUT2D eigenvalue weighted by molar-refractivity contribution is -0.100. The molecule has 3 saturated carbocycles. The summed E-state index contributed by atoms with van der Waals surface area (Å²) < 4.78 is 12.2. The maximum absolute atomic E-state index is 13.0. The number of hydrogen-bond acceptors (Lipinski definition) is 4. The zero-order valence-electron chi connectivity index (χ0n) is 20.9. The predicted octanol–water partition coefficient (Wildman–Crippen LogP) is 4.18. The molecule has 2 amide bonds. The van der Waals surface area contributed by atoms with Crippen molar-refractivity contribution >= 4 is 18.5 Å². The average molecular weight is 494 g/mol. The molecular formula is C27H36N5O2P. The zero-order valence-corrected chi connectivity index (χ0v) is 21.8. The minimum absolute atomic E-state index is 0.251. The van der Waals surface area contributed by atoms with Gasteiger partial charge in [-0.25, -0.2) is 9.78 Å². The molecule has 0 unspecified atom stereocenters. The first-order valence-electron chi connectivity index (χ1n) is 13.3. The van der Waals surface area contributed by atoms with Crippen molar-refractivity contribution in [2.24, 2.45) is 16.7 Å². The predicted molar refractivity (Wildman–Crippen MR) is 136 cm³/mol. The molecule has 2 aromatic rings. The van der Waals surface area contributed by atoms with Crippen LogP contribution < -0.4 is 5.30 Å². The van der Waals surface area contributed by atoms with Crippen LogP contribution in [0.3, 0.4) is 0 Å². The lowest BCUT2D eigenvalue weighted by Gasteiger charge is -2.63. The smallest absolute Gasteiger partial charge is 0.320 e. The van der Waals surface area contributed by atoms with E-state index in [0.717, 1.165) is 62.4 Å². The van der Waals surface area contributed by atoms with Crippen LogP contribution in [0.25, 0.3) is 0 Å². The van der Waals surface area contributed by atoms with Crippen molar-refractivity contribution in [2.75, 3.05) is 39.5 Å². The number of hydrogen-bond donors (Lipinski definition) is 1. The molecule has 3 heterocycles. The van der Waals surface area contributed by atoms with Crippen LogP contribution in [0.15, 0.2) is 24.3 Å². The maximum Gasteiger partial charge on any atom is 0.320 e. The van der Waals surface area contributed by atoms with E-state index in [0.29, 0.717) is 28.6 Å².